The number of carbonyl (C=O) groups is 2. The van der Waals surface area contributed by atoms with E-state index in [0.29, 0.717) is 11.4 Å². The van der Waals surface area contributed by atoms with Crippen molar-refractivity contribution in [2.24, 2.45) is 0 Å². The number of amides is 2. The molecule has 1 fully saturated rings. The van der Waals surface area contributed by atoms with Crippen molar-refractivity contribution in [1.29, 1.82) is 0 Å². The van der Waals surface area contributed by atoms with Gasteiger partial charge >= 0.3 is 18.2 Å². The van der Waals surface area contributed by atoms with Crippen LogP contribution in [0.3, 0.4) is 0 Å². The van der Waals surface area contributed by atoms with E-state index in [1.807, 2.05) is 4.90 Å². The van der Waals surface area contributed by atoms with Gasteiger partial charge in [0.25, 0.3) is 0 Å². The van der Waals surface area contributed by atoms with Crippen molar-refractivity contribution in [1.82, 2.24) is 10.6 Å². The molecule has 0 radical (unpaired) electrons. The van der Waals surface area contributed by atoms with Crippen LogP contribution in [-0.2, 0) is 15.7 Å². The Balaban J connectivity index is 1.92. The first-order chi connectivity index (χ1) is 14.2. The molecular weight excluding hydrogens is 401 g/mol. The van der Waals surface area contributed by atoms with E-state index in [1.165, 1.54) is 6.07 Å². The van der Waals surface area contributed by atoms with Crippen LogP contribution >= 0.6 is 0 Å². The number of alkyl halides is 3. The first kappa shape index (κ1) is 21.8. The van der Waals surface area contributed by atoms with E-state index in [1.54, 1.807) is 13.8 Å². The molecule has 2 aliphatic heterocycles. The lowest BCUT2D eigenvalue weighted by atomic mass is 10.0. The second kappa shape index (κ2) is 8.85. The van der Waals surface area contributed by atoms with Crippen LogP contribution in [0.4, 0.5) is 29.3 Å². The first-order valence-electron chi connectivity index (χ1n) is 9.88. The minimum absolute atomic E-state index is 0.0337. The second-order valence-electron chi connectivity index (χ2n) is 7.21. The molecule has 0 bridgehead atoms. The highest BCUT2D eigenvalue weighted by molar-refractivity contribution is 5.95. The molecule has 1 saturated heterocycles. The average Bonchev–Trinajstić information content (AvgIpc) is 3.19. The maximum atomic E-state index is 13.2. The molecule has 3 rings (SSSR count). The smallest absolute Gasteiger partial charge is 0.416 e. The summed E-state index contributed by atoms with van der Waals surface area (Å²) in [6, 6.07) is 2.51. The Labute approximate surface area is 172 Å². The largest absolute Gasteiger partial charge is 0.463 e. The summed E-state index contributed by atoms with van der Waals surface area (Å²) < 4.78 is 44.8. The highest BCUT2D eigenvalue weighted by Crippen LogP contribution is 2.36. The maximum Gasteiger partial charge on any atom is 0.416 e. The van der Waals surface area contributed by atoms with Crippen LogP contribution in [-0.4, -0.2) is 44.3 Å². The van der Waals surface area contributed by atoms with Gasteiger partial charge in [-0.25, -0.2) is 9.59 Å². The minimum Gasteiger partial charge on any atom is -0.463 e. The fraction of sp³-hybridized carbons (Fsp3) is 0.500. The Morgan fingerprint density at radius 2 is 2.00 bits per heavy atom. The number of anilines is 2. The molecule has 2 amide bonds. The molecule has 2 aliphatic rings. The second-order valence-corrected chi connectivity index (χ2v) is 7.21. The van der Waals surface area contributed by atoms with E-state index in [4.69, 9.17) is 4.74 Å². The summed E-state index contributed by atoms with van der Waals surface area (Å²) in [5, 5.41) is 8.15. The average molecular weight is 426 g/mol. The number of carbonyl (C=O) groups excluding carboxylic acids is 2. The van der Waals surface area contributed by atoms with Gasteiger partial charge in [-0.3, -0.25) is 0 Å². The van der Waals surface area contributed by atoms with E-state index in [9.17, 15) is 22.8 Å². The van der Waals surface area contributed by atoms with Crippen molar-refractivity contribution in [2.45, 2.75) is 38.9 Å². The molecule has 7 nitrogen and oxygen atoms in total. The number of esters is 1. The molecule has 1 aromatic rings. The summed E-state index contributed by atoms with van der Waals surface area (Å²) in [6.45, 7) is 4.96. The molecule has 164 valence electrons. The molecule has 0 aromatic heterocycles. The minimum atomic E-state index is -4.48. The molecule has 10 heteroatoms. The molecule has 3 N–H and O–H groups in total. The predicted molar refractivity (Wildman–Crippen MR) is 106 cm³/mol. The molecule has 0 spiro atoms. The monoisotopic (exact) mass is 426 g/mol. The fourth-order valence-corrected chi connectivity index (χ4v) is 3.69. The highest BCUT2D eigenvalue weighted by Gasteiger charge is 2.33. The van der Waals surface area contributed by atoms with Gasteiger partial charge in [0.05, 0.1) is 47.4 Å². The van der Waals surface area contributed by atoms with Crippen molar-refractivity contribution >= 4 is 23.4 Å². The third kappa shape index (κ3) is 4.80. The van der Waals surface area contributed by atoms with Gasteiger partial charge in [-0.15, -0.1) is 0 Å². The van der Waals surface area contributed by atoms with Crippen LogP contribution in [0.25, 0.3) is 0 Å². The number of hydrogen-bond acceptors (Lipinski definition) is 5. The van der Waals surface area contributed by atoms with E-state index >= 15 is 0 Å². The Hall–Kier alpha value is -2.91. The summed E-state index contributed by atoms with van der Waals surface area (Å²) in [7, 11) is 0. The third-order valence-electron chi connectivity index (χ3n) is 5.09. The lowest BCUT2D eigenvalue weighted by Gasteiger charge is -2.28. The highest BCUT2D eigenvalue weighted by atomic mass is 19.4. The normalized spacial score (nSPS) is 19.4. The van der Waals surface area contributed by atoms with Gasteiger partial charge in [0.2, 0.25) is 0 Å². The van der Waals surface area contributed by atoms with Gasteiger partial charge in [0.1, 0.15) is 0 Å². The Bertz CT molecular complexity index is 848. The fourth-order valence-electron chi connectivity index (χ4n) is 3.69. The Morgan fingerprint density at radius 3 is 2.63 bits per heavy atom. The number of benzene rings is 1. The standard InChI is InChI=1S/C20H25F3N4O3/c1-3-30-18(28)17-12(2)25-19(29)26-15(17)11-24-14-10-13(20(21,22)23)6-7-16(14)27-8-4-5-9-27/h6-7,10,12,24H,3-5,8-9,11H2,1-2H3,(H2,25,26,29). The molecule has 1 unspecified atom stereocenters. The van der Waals surface area contributed by atoms with Crippen molar-refractivity contribution in [2.75, 3.05) is 36.5 Å². The number of rotatable bonds is 6. The van der Waals surface area contributed by atoms with Gasteiger partial charge in [-0.1, -0.05) is 0 Å². The summed E-state index contributed by atoms with van der Waals surface area (Å²) >= 11 is 0. The van der Waals surface area contributed by atoms with Crippen molar-refractivity contribution in [3.63, 3.8) is 0 Å². The molecule has 2 heterocycles. The lowest BCUT2D eigenvalue weighted by Crippen LogP contribution is -2.50. The number of hydrogen-bond donors (Lipinski definition) is 3. The molecule has 0 aliphatic carbocycles. The lowest BCUT2D eigenvalue weighted by molar-refractivity contribution is -0.139. The van der Waals surface area contributed by atoms with Crippen LogP contribution in [0.15, 0.2) is 29.5 Å². The zero-order valence-corrected chi connectivity index (χ0v) is 16.9. The zero-order chi connectivity index (χ0) is 21.9. The van der Waals surface area contributed by atoms with Crippen LogP contribution in [0.5, 0.6) is 0 Å². The van der Waals surface area contributed by atoms with E-state index < -0.39 is 29.8 Å². The van der Waals surface area contributed by atoms with Crippen LogP contribution in [0, 0.1) is 0 Å². The summed E-state index contributed by atoms with van der Waals surface area (Å²) in [4.78, 5) is 26.3. The number of nitrogens with one attached hydrogen (secondary N) is 3. The van der Waals surface area contributed by atoms with Gasteiger partial charge < -0.3 is 25.6 Å². The first-order valence-corrected chi connectivity index (χ1v) is 9.88. The summed E-state index contributed by atoms with van der Waals surface area (Å²) in [5.41, 5.74) is 0.693. The van der Waals surface area contributed by atoms with E-state index in [-0.39, 0.29) is 24.4 Å². The van der Waals surface area contributed by atoms with Crippen LogP contribution in [0.1, 0.15) is 32.3 Å². The van der Waals surface area contributed by atoms with Crippen LogP contribution < -0.4 is 20.9 Å². The zero-order valence-electron chi connectivity index (χ0n) is 16.9. The van der Waals surface area contributed by atoms with Crippen molar-refractivity contribution in [3.05, 3.63) is 35.0 Å². The number of halogens is 3. The van der Waals surface area contributed by atoms with Crippen molar-refractivity contribution < 1.29 is 27.5 Å². The number of ether oxygens (including phenoxy) is 1. The topological polar surface area (TPSA) is 82.7 Å². The van der Waals surface area contributed by atoms with Crippen molar-refractivity contribution in [3.8, 4) is 0 Å². The van der Waals surface area contributed by atoms with E-state index in [2.05, 4.69) is 16.0 Å². The van der Waals surface area contributed by atoms with Gasteiger partial charge in [0, 0.05) is 13.1 Å². The number of urea groups is 1. The quantitative estimate of drug-likeness (QED) is 0.609. The summed E-state index contributed by atoms with van der Waals surface area (Å²) in [5.74, 6) is -0.585. The van der Waals surface area contributed by atoms with E-state index in [0.717, 1.165) is 38.1 Å². The Kier molecular flexibility index (Phi) is 6.42. The van der Waals surface area contributed by atoms with Gasteiger partial charge in [-0.05, 0) is 44.9 Å². The van der Waals surface area contributed by atoms with Gasteiger partial charge in [-0.2, -0.15) is 13.2 Å². The third-order valence-corrected chi connectivity index (χ3v) is 5.09. The molecule has 1 aromatic carbocycles. The van der Waals surface area contributed by atoms with Gasteiger partial charge in [0.15, 0.2) is 0 Å². The maximum absolute atomic E-state index is 13.2. The molecule has 0 saturated carbocycles. The Morgan fingerprint density at radius 1 is 1.30 bits per heavy atom. The summed E-state index contributed by atoms with van der Waals surface area (Å²) in [6.07, 6.45) is -2.54. The van der Waals surface area contributed by atoms with Crippen LogP contribution in [0.2, 0.25) is 0 Å². The number of nitrogens with zero attached hydrogens (tertiary/aromatic N) is 1. The molecule has 1 atom stereocenters. The molecular formula is C20H25F3N4O3. The molecule has 30 heavy (non-hydrogen) atoms. The predicted octanol–water partition coefficient (Wildman–Crippen LogP) is 3.24. The SMILES string of the molecule is CCOC(=O)C1=C(CNc2cc(C(F)(F)F)ccc2N2CCCC2)NC(=O)NC1C.